The summed E-state index contributed by atoms with van der Waals surface area (Å²) in [7, 11) is 0. The number of benzene rings is 1. The minimum Gasteiger partial charge on any atom is -0.508 e. The molecule has 0 aliphatic carbocycles. The van der Waals surface area contributed by atoms with Crippen LogP contribution in [0.4, 0.5) is 0 Å². The van der Waals surface area contributed by atoms with Gasteiger partial charge in [-0.05, 0) is 31.1 Å². The lowest BCUT2D eigenvalue weighted by atomic mass is 10.1. The second-order valence-corrected chi connectivity index (χ2v) is 5.79. The van der Waals surface area contributed by atoms with Gasteiger partial charge in [-0.2, -0.15) is 0 Å². The van der Waals surface area contributed by atoms with Crippen LogP contribution < -0.4 is 10.4 Å². The van der Waals surface area contributed by atoms with Crippen LogP contribution in [0.25, 0.3) is 11.0 Å². The molecule has 0 unspecified atom stereocenters. The summed E-state index contributed by atoms with van der Waals surface area (Å²) in [5.74, 6) is -0.574. The van der Waals surface area contributed by atoms with Gasteiger partial charge in [0.15, 0.2) is 5.75 Å². The molecule has 2 rings (SSSR count). The molecule has 0 amide bonds. The van der Waals surface area contributed by atoms with Gasteiger partial charge in [-0.25, -0.2) is 4.79 Å². The van der Waals surface area contributed by atoms with Gasteiger partial charge in [0.1, 0.15) is 11.3 Å². The Kier molecular flexibility index (Phi) is 6.73. The van der Waals surface area contributed by atoms with Crippen molar-refractivity contribution in [2.45, 2.75) is 51.9 Å². The van der Waals surface area contributed by atoms with E-state index in [0.29, 0.717) is 5.39 Å². The van der Waals surface area contributed by atoms with Gasteiger partial charge in [0, 0.05) is 6.07 Å². The van der Waals surface area contributed by atoms with E-state index in [4.69, 9.17) is 9.15 Å². The summed E-state index contributed by atoms with van der Waals surface area (Å²) >= 11 is 0. The Balaban J connectivity index is 1.92. The van der Waals surface area contributed by atoms with Crippen molar-refractivity contribution >= 4 is 11.0 Å². The van der Waals surface area contributed by atoms with Crippen LogP contribution in [-0.4, -0.2) is 10.2 Å². The molecule has 5 nitrogen and oxygen atoms in total. The van der Waals surface area contributed by atoms with E-state index in [9.17, 15) is 15.0 Å². The molecule has 0 spiro atoms. The number of rotatable bonds is 9. The van der Waals surface area contributed by atoms with Crippen LogP contribution in [0.5, 0.6) is 17.2 Å². The van der Waals surface area contributed by atoms with E-state index in [2.05, 4.69) is 6.92 Å². The number of ether oxygens (including phenoxy) is 1. The normalized spacial score (nSPS) is 11.4. The van der Waals surface area contributed by atoms with Crippen molar-refractivity contribution in [3.8, 4) is 17.2 Å². The summed E-state index contributed by atoms with van der Waals surface area (Å²) in [6.07, 6.45) is 11.4. The average Bonchev–Trinajstić information content (AvgIpc) is 2.55. The van der Waals surface area contributed by atoms with E-state index in [1.807, 2.05) is 6.08 Å². The number of hydrogen-bond donors (Lipinski definition) is 2. The second-order valence-electron chi connectivity index (χ2n) is 5.79. The van der Waals surface area contributed by atoms with Gasteiger partial charge in [-0.3, -0.25) is 0 Å². The molecule has 2 N–H and O–H groups in total. The van der Waals surface area contributed by atoms with Crippen LogP contribution in [0.1, 0.15) is 51.9 Å². The van der Waals surface area contributed by atoms with Gasteiger partial charge < -0.3 is 19.4 Å². The number of hydrogen-bond acceptors (Lipinski definition) is 5. The first kappa shape index (κ1) is 17.9. The third-order valence-electron chi connectivity index (χ3n) is 3.83. The van der Waals surface area contributed by atoms with Crippen LogP contribution in [0.2, 0.25) is 0 Å². The van der Waals surface area contributed by atoms with Crippen molar-refractivity contribution < 1.29 is 19.4 Å². The molecule has 0 aliphatic heterocycles. The van der Waals surface area contributed by atoms with E-state index < -0.39 is 5.63 Å². The minimum atomic E-state index is -0.783. The summed E-state index contributed by atoms with van der Waals surface area (Å²) in [4.78, 5) is 11.9. The molecule has 0 bridgehead atoms. The molecule has 1 aromatic heterocycles. The zero-order valence-electron chi connectivity index (χ0n) is 14.0. The fraction of sp³-hybridized carbons (Fsp3) is 0.421. The van der Waals surface area contributed by atoms with Crippen LogP contribution in [0, 0.1) is 0 Å². The van der Waals surface area contributed by atoms with Crippen molar-refractivity contribution in [1.82, 2.24) is 0 Å². The highest BCUT2D eigenvalue weighted by atomic mass is 16.5. The lowest BCUT2D eigenvalue weighted by Crippen LogP contribution is -2.03. The minimum absolute atomic E-state index is 0.0439. The number of phenols is 1. The summed E-state index contributed by atoms with van der Waals surface area (Å²) in [5, 5.41) is 19.8. The molecule has 0 atom stereocenters. The molecule has 130 valence electrons. The Hall–Kier alpha value is -2.43. The maximum Gasteiger partial charge on any atom is 0.383 e. The highest BCUT2D eigenvalue weighted by Gasteiger charge is 2.15. The highest BCUT2D eigenvalue weighted by Crippen LogP contribution is 2.32. The summed E-state index contributed by atoms with van der Waals surface area (Å²) in [5.41, 5.74) is -0.671. The van der Waals surface area contributed by atoms with E-state index in [0.717, 1.165) is 12.8 Å². The smallest absolute Gasteiger partial charge is 0.383 e. The maximum atomic E-state index is 11.9. The first-order valence-corrected chi connectivity index (χ1v) is 8.44. The van der Waals surface area contributed by atoms with Crippen molar-refractivity contribution in [2.24, 2.45) is 0 Å². The molecule has 2 aromatic rings. The summed E-state index contributed by atoms with van der Waals surface area (Å²) < 4.78 is 10.3. The van der Waals surface area contributed by atoms with Crippen LogP contribution in [-0.2, 0) is 0 Å². The number of allylic oxidation sites excluding steroid dienone is 1. The van der Waals surface area contributed by atoms with Gasteiger partial charge in [0.2, 0.25) is 0 Å². The zero-order chi connectivity index (χ0) is 17.4. The number of fused-ring (bicyclic) bond motifs is 1. The molecule has 1 heterocycles. The quantitative estimate of drug-likeness (QED) is 0.390. The standard InChI is InChI=1S/C19H24O5/c1-2-3-4-5-6-7-8-9-12-23-18-17(21)15-11-10-14(20)13-16(15)24-19(18)22/h9-13,20-21H,2-8H2,1H3/b12-9+. The largest absolute Gasteiger partial charge is 0.508 e. The number of aromatic hydroxyl groups is 2. The predicted molar refractivity (Wildman–Crippen MR) is 93.6 cm³/mol. The first-order chi connectivity index (χ1) is 11.6. The van der Waals surface area contributed by atoms with E-state index >= 15 is 0 Å². The van der Waals surface area contributed by atoms with Crippen molar-refractivity contribution in [3.05, 3.63) is 41.0 Å². The number of phenolic OH excluding ortho intramolecular Hbond substituents is 1. The van der Waals surface area contributed by atoms with Crippen molar-refractivity contribution in [2.75, 3.05) is 0 Å². The van der Waals surface area contributed by atoms with Crippen LogP contribution >= 0.6 is 0 Å². The monoisotopic (exact) mass is 332 g/mol. The fourth-order valence-corrected chi connectivity index (χ4v) is 2.49. The SMILES string of the molecule is CCCCCCCC/C=C/Oc1c(O)c2ccc(O)cc2oc1=O. The second kappa shape index (κ2) is 9.01. The van der Waals surface area contributed by atoms with Crippen LogP contribution in [0.3, 0.4) is 0 Å². The molecule has 0 radical (unpaired) electrons. The molecular weight excluding hydrogens is 308 g/mol. The predicted octanol–water partition coefficient (Wildman–Crippen LogP) is 4.85. The topological polar surface area (TPSA) is 79.9 Å². The molecule has 0 fully saturated rings. The van der Waals surface area contributed by atoms with Gasteiger partial charge in [-0.15, -0.1) is 0 Å². The third-order valence-corrected chi connectivity index (χ3v) is 3.83. The Morgan fingerprint density at radius 2 is 1.88 bits per heavy atom. The first-order valence-electron chi connectivity index (χ1n) is 8.44. The molecule has 5 heteroatoms. The fourth-order valence-electron chi connectivity index (χ4n) is 2.49. The molecular formula is C19H24O5. The molecule has 0 saturated heterocycles. The Bertz CT molecular complexity index is 745. The van der Waals surface area contributed by atoms with Gasteiger partial charge in [-0.1, -0.05) is 39.0 Å². The van der Waals surface area contributed by atoms with Crippen LogP contribution in [0.15, 0.2) is 39.7 Å². The lowest BCUT2D eigenvalue weighted by molar-refractivity contribution is 0.384. The third kappa shape index (κ3) is 4.78. The van der Waals surface area contributed by atoms with Gasteiger partial charge >= 0.3 is 5.63 Å². The van der Waals surface area contributed by atoms with Gasteiger partial charge in [0.25, 0.3) is 5.75 Å². The highest BCUT2D eigenvalue weighted by molar-refractivity contribution is 5.86. The van der Waals surface area contributed by atoms with E-state index in [1.165, 1.54) is 56.6 Å². The average molecular weight is 332 g/mol. The number of unbranched alkanes of at least 4 members (excludes halogenated alkanes) is 6. The Labute approximate surface area is 141 Å². The van der Waals surface area contributed by atoms with Crippen molar-refractivity contribution in [3.63, 3.8) is 0 Å². The molecule has 24 heavy (non-hydrogen) atoms. The molecule has 1 aromatic carbocycles. The summed E-state index contributed by atoms with van der Waals surface area (Å²) in [6.45, 7) is 2.20. The summed E-state index contributed by atoms with van der Waals surface area (Å²) in [6, 6.07) is 4.14. The molecule has 0 aliphatic rings. The zero-order valence-corrected chi connectivity index (χ0v) is 14.0. The Morgan fingerprint density at radius 1 is 1.12 bits per heavy atom. The van der Waals surface area contributed by atoms with E-state index in [-0.39, 0.29) is 22.8 Å². The molecule has 0 saturated carbocycles. The van der Waals surface area contributed by atoms with Gasteiger partial charge in [0.05, 0.1) is 11.6 Å². The van der Waals surface area contributed by atoms with Crippen molar-refractivity contribution in [1.29, 1.82) is 0 Å². The maximum absolute atomic E-state index is 11.9. The van der Waals surface area contributed by atoms with E-state index in [1.54, 1.807) is 0 Å². The Morgan fingerprint density at radius 3 is 2.67 bits per heavy atom. The lowest BCUT2D eigenvalue weighted by Gasteiger charge is -2.05.